The molecule has 0 saturated carbocycles. The molecule has 6 nitrogen and oxygen atoms in total. The molecule has 0 radical (unpaired) electrons. The second-order valence-corrected chi connectivity index (χ2v) is 8.91. The highest BCUT2D eigenvalue weighted by Crippen LogP contribution is 2.25. The number of carbonyl (C=O) groups is 1. The van der Waals surface area contributed by atoms with Crippen molar-refractivity contribution in [2.45, 2.75) is 17.5 Å². The van der Waals surface area contributed by atoms with E-state index in [9.17, 15) is 31.5 Å². The monoisotopic (exact) mass is 465 g/mol. The molecule has 32 heavy (non-hydrogen) atoms. The fourth-order valence-corrected chi connectivity index (χ4v) is 4.03. The average Bonchev–Trinajstić information content (AvgIpc) is 2.75. The van der Waals surface area contributed by atoms with Gasteiger partial charge in [-0.15, -0.1) is 0 Å². The van der Waals surface area contributed by atoms with Crippen LogP contribution in [0.5, 0.6) is 5.75 Å². The van der Waals surface area contributed by atoms with Crippen LogP contribution < -0.4 is 4.74 Å². The predicted octanol–water partition coefficient (Wildman–Crippen LogP) is 4.13. The van der Waals surface area contributed by atoms with Crippen LogP contribution in [0.2, 0.25) is 0 Å². The maximum Gasteiger partial charge on any atom is 0.349 e. The van der Waals surface area contributed by atoms with Gasteiger partial charge in [-0.3, -0.25) is 0 Å². The third-order valence-electron chi connectivity index (χ3n) is 4.58. The molecule has 0 aliphatic heterocycles. The summed E-state index contributed by atoms with van der Waals surface area (Å²) in [5.41, 5.74) is 0.496. The van der Waals surface area contributed by atoms with Gasteiger partial charge in [0.05, 0.1) is 4.90 Å². The molecule has 1 atom stereocenters. The minimum absolute atomic E-state index is 0.00841. The van der Waals surface area contributed by atoms with Crippen LogP contribution in [-0.4, -0.2) is 30.8 Å². The molecule has 0 spiro atoms. The Kier molecular flexibility index (Phi) is 6.85. The fraction of sp³-hybridized carbons (Fsp3) is 0.136. The first-order chi connectivity index (χ1) is 15.1. The number of nitrogens with zero attached hydrogens (tertiary/aromatic N) is 1. The lowest BCUT2D eigenvalue weighted by atomic mass is 10.1. The first kappa shape index (κ1) is 23.3. The Morgan fingerprint density at radius 2 is 1.59 bits per heavy atom. The van der Waals surface area contributed by atoms with Crippen LogP contribution >= 0.6 is 0 Å². The van der Waals surface area contributed by atoms with Crippen LogP contribution in [0.3, 0.4) is 0 Å². The lowest BCUT2D eigenvalue weighted by molar-refractivity contribution is -0.145. The van der Waals surface area contributed by atoms with E-state index in [1.54, 1.807) is 0 Å². The number of ether oxygens (including phenoxy) is 1. The van der Waals surface area contributed by atoms with Crippen molar-refractivity contribution in [1.29, 1.82) is 0 Å². The molecule has 1 N–H and O–H groups in total. The third kappa shape index (κ3) is 5.27. The maximum absolute atomic E-state index is 13.5. The third-order valence-corrected chi connectivity index (χ3v) is 6.39. The molecule has 168 valence electrons. The Morgan fingerprint density at radius 3 is 2.16 bits per heavy atom. The molecule has 3 aromatic carbocycles. The SMILES string of the molecule is CN(Cc1ccc(OC(C(=O)O)c2ccc(F)c(F)c2)cc1)S(=O)(=O)c1ccc(F)cc1. The van der Waals surface area contributed by atoms with Gasteiger partial charge in [0.25, 0.3) is 0 Å². The number of carboxylic acid groups (broad SMARTS) is 1. The predicted molar refractivity (Wildman–Crippen MR) is 109 cm³/mol. The Labute approximate surface area is 182 Å². The van der Waals surface area contributed by atoms with Crippen LogP contribution in [0.15, 0.2) is 71.6 Å². The summed E-state index contributed by atoms with van der Waals surface area (Å²) in [4.78, 5) is 11.5. The minimum atomic E-state index is -3.85. The first-order valence-electron chi connectivity index (χ1n) is 9.23. The van der Waals surface area contributed by atoms with E-state index < -0.39 is 39.5 Å². The zero-order valence-electron chi connectivity index (χ0n) is 16.7. The van der Waals surface area contributed by atoms with Crippen LogP contribution in [-0.2, 0) is 21.4 Å². The van der Waals surface area contributed by atoms with E-state index >= 15 is 0 Å². The maximum atomic E-state index is 13.5. The van der Waals surface area contributed by atoms with E-state index in [4.69, 9.17) is 4.74 Å². The van der Waals surface area contributed by atoms with Gasteiger partial charge in [-0.05, 0) is 54.1 Å². The van der Waals surface area contributed by atoms with Crippen molar-refractivity contribution >= 4 is 16.0 Å². The lowest BCUT2D eigenvalue weighted by Gasteiger charge is -2.18. The standard InChI is InChI=1S/C22H18F3NO5S/c1-26(32(29,30)18-9-5-16(23)6-10-18)13-14-2-7-17(8-3-14)31-21(22(27)28)15-4-11-19(24)20(25)12-15/h2-12,21H,13H2,1H3,(H,27,28). The topological polar surface area (TPSA) is 83.9 Å². The number of sulfonamides is 1. The van der Waals surface area contributed by atoms with Crippen molar-refractivity contribution in [1.82, 2.24) is 4.31 Å². The van der Waals surface area contributed by atoms with Gasteiger partial charge in [0.2, 0.25) is 16.1 Å². The zero-order chi connectivity index (χ0) is 23.5. The van der Waals surface area contributed by atoms with Crippen molar-refractivity contribution in [3.8, 4) is 5.75 Å². The highest BCUT2D eigenvalue weighted by molar-refractivity contribution is 7.89. The second-order valence-electron chi connectivity index (χ2n) is 6.87. The number of rotatable bonds is 8. The molecule has 0 aliphatic rings. The van der Waals surface area contributed by atoms with Gasteiger partial charge in [0, 0.05) is 19.2 Å². The van der Waals surface area contributed by atoms with E-state index in [1.165, 1.54) is 43.4 Å². The van der Waals surface area contributed by atoms with Gasteiger partial charge in [0.15, 0.2) is 11.6 Å². The Bertz CT molecular complexity index is 1220. The highest BCUT2D eigenvalue weighted by Gasteiger charge is 2.24. The minimum Gasteiger partial charge on any atom is -0.478 e. The van der Waals surface area contributed by atoms with Gasteiger partial charge < -0.3 is 9.84 Å². The summed E-state index contributed by atoms with van der Waals surface area (Å²) in [6.45, 7) is -0.00841. The largest absolute Gasteiger partial charge is 0.478 e. The molecular formula is C22H18F3NO5S. The summed E-state index contributed by atoms with van der Waals surface area (Å²) >= 11 is 0. The summed E-state index contributed by atoms with van der Waals surface area (Å²) in [6.07, 6.45) is -1.57. The molecule has 0 bridgehead atoms. The summed E-state index contributed by atoms with van der Waals surface area (Å²) in [6, 6.07) is 13.1. The lowest BCUT2D eigenvalue weighted by Crippen LogP contribution is -2.26. The summed E-state index contributed by atoms with van der Waals surface area (Å²) in [7, 11) is -2.48. The van der Waals surface area contributed by atoms with Gasteiger partial charge in [-0.1, -0.05) is 18.2 Å². The molecule has 10 heteroatoms. The summed E-state index contributed by atoms with van der Waals surface area (Å²) in [5, 5.41) is 9.40. The van der Waals surface area contributed by atoms with Crippen LogP contribution in [0.1, 0.15) is 17.2 Å². The van der Waals surface area contributed by atoms with E-state index in [0.29, 0.717) is 5.56 Å². The van der Waals surface area contributed by atoms with E-state index in [1.807, 2.05) is 0 Å². The quantitative estimate of drug-likeness (QED) is 0.541. The van der Waals surface area contributed by atoms with Crippen molar-refractivity contribution in [3.63, 3.8) is 0 Å². The molecule has 0 aromatic heterocycles. The fourth-order valence-electron chi connectivity index (χ4n) is 2.87. The normalized spacial score (nSPS) is 12.5. The van der Waals surface area contributed by atoms with E-state index in [2.05, 4.69) is 0 Å². The molecule has 3 aromatic rings. The molecular weight excluding hydrogens is 447 g/mol. The molecule has 1 unspecified atom stereocenters. The van der Waals surface area contributed by atoms with Crippen molar-refractivity contribution in [3.05, 3.63) is 95.3 Å². The van der Waals surface area contributed by atoms with Crippen molar-refractivity contribution in [2.75, 3.05) is 7.05 Å². The van der Waals surface area contributed by atoms with Gasteiger partial charge in [-0.2, -0.15) is 4.31 Å². The average molecular weight is 465 g/mol. The highest BCUT2D eigenvalue weighted by atomic mass is 32.2. The second kappa shape index (κ2) is 9.41. The molecule has 0 fully saturated rings. The number of halogens is 3. The zero-order valence-corrected chi connectivity index (χ0v) is 17.5. The smallest absolute Gasteiger partial charge is 0.349 e. The molecule has 0 aliphatic carbocycles. The number of hydrogen-bond acceptors (Lipinski definition) is 4. The molecule has 0 heterocycles. The Morgan fingerprint density at radius 1 is 0.969 bits per heavy atom. The molecule has 0 amide bonds. The van der Waals surface area contributed by atoms with Crippen molar-refractivity contribution in [2.24, 2.45) is 0 Å². The van der Waals surface area contributed by atoms with Gasteiger partial charge in [-0.25, -0.2) is 26.4 Å². The Balaban J connectivity index is 1.73. The summed E-state index contributed by atoms with van der Waals surface area (Å²) in [5.74, 6) is -4.12. The van der Waals surface area contributed by atoms with Crippen molar-refractivity contribution < 1.29 is 36.2 Å². The first-order valence-corrected chi connectivity index (χ1v) is 10.7. The van der Waals surface area contributed by atoms with Gasteiger partial charge >= 0.3 is 5.97 Å². The number of hydrogen-bond donors (Lipinski definition) is 1. The Hall–Kier alpha value is -3.37. The molecule has 3 rings (SSSR count). The number of aliphatic carboxylic acids is 1. The van der Waals surface area contributed by atoms with Crippen LogP contribution in [0, 0.1) is 17.5 Å². The van der Waals surface area contributed by atoms with Crippen LogP contribution in [0.25, 0.3) is 0 Å². The molecule has 0 saturated heterocycles. The van der Waals surface area contributed by atoms with E-state index in [-0.39, 0.29) is 22.8 Å². The number of benzene rings is 3. The number of carboxylic acids is 1. The summed E-state index contributed by atoms with van der Waals surface area (Å²) < 4.78 is 71.3. The van der Waals surface area contributed by atoms with Crippen LogP contribution in [0.4, 0.5) is 13.2 Å². The van der Waals surface area contributed by atoms with Gasteiger partial charge in [0.1, 0.15) is 11.6 Å². The van der Waals surface area contributed by atoms with E-state index in [0.717, 1.165) is 34.6 Å².